The Balaban J connectivity index is 1.65. The van der Waals surface area contributed by atoms with Gasteiger partial charge < -0.3 is 14.5 Å². The Morgan fingerprint density at radius 3 is 2.83 bits per heavy atom. The Hall–Kier alpha value is -2.37. The summed E-state index contributed by atoms with van der Waals surface area (Å²) in [4.78, 5) is 23.8. The number of hydrogen-bond donors (Lipinski definition) is 1. The number of fused-ring (bicyclic) bond motifs is 1. The number of hydrogen-bond acceptors (Lipinski definition) is 4. The number of carbonyl (C=O) groups excluding carboxylic acids is 2. The van der Waals surface area contributed by atoms with Crippen molar-refractivity contribution in [1.82, 2.24) is 5.32 Å². The second kappa shape index (κ2) is 6.02. The average Bonchev–Trinajstić information content (AvgIpc) is 3.31. The number of halogens is 1. The summed E-state index contributed by atoms with van der Waals surface area (Å²) in [5, 5.41) is 3.31. The van der Waals surface area contributed by atoms with E-state index in [0.29, 0.717) is 16.9 Å². The van der Waals surface area contributed by atoms with E-state index < -0.39 is 11.8 Å². The molecule has 3 rings (SSSR count). The molecule has 0 spiro atoms. The Bertz CT molecular complexity index is 763. The molecular weight excluding hydrogens is 301 g/mol. The summed E-state index contributed by atoms with van der Waals surface area (Å²) in [6.45, 7) is 3.20. The first-order valence-corrected chi connectivity index (χ1v) is 7.61. The van der Waals surface area contributed by atoms with Gasteiger partial charge in [0.2, 0.25) is 5.76 Å². The first kappa shape index (κ1) is 15.5. The fourth-order valence-corrected chi connectivity index (χ4v) is 2.61. The number of aryl methyl sites for hydroxylation is 1. The molecule has 0 aliphatic heterocycles. The van der Waals surface area contributed by atoms with E-state index >= 15 is 0 Å². The molecule has 0 bridgehead atoms. The summed E-state index contributed by atoms with van der Waals surface area (Å²) >= 11 is 0. The van der Waals surface area contributed by atoms with Gasteiger partial charge in [-0.05, 0) is 38.7 Å². The van der Waals surface area contributed by atoms with Crippen molar-refractivity contribution in [2.75, 3.05) is 6.61 Å². The third kappa shape index (κ3) is 3.21. The Morgan fingerprint density at radius 1 is 1.43 bits per heavy atom. The van der Waals surface area contributed by atoms with Crippen LogP contribution in [-0.2, 0) is 9.53 Å². The maximum atomic E-state index is 13.7. The number of rotatable bonds is 5. The van der Waals surface area contributed by atoms with Gasteiger partial charge in [0.25, 0.3) is 5.91 Å². The fraction of sp³-hybridized carbons (Fsp3) is 0.412. The van der Waals surface area contributed by atoms with Gasteiger partial charge in [0.15, 0.2) is 18.0 Å². The summed E-state index contributed by atoms with van der Waals surface area (Å²) in [5.74, 6) is -1.21. The van der Waals surface area contributed by atoms with Crippen LogP contribution in [0.25, 0.3) is 11.0 Å². The SMILES string of the molecule is Cc1c(C(=O)OCC(=O)N[C@@H](C)C2CC2)oc2c(F)cccc12. The van der Waals surface area contributed by atoms with Gasteiger partial charge in [0, 0.05) is 17.0 Å². The fourth-order valence-electron chi connectivity index (χ4n) is 2.61. The summed E-state index contributed by atoms with van der Waals surface area (Å²) < 4.78 is 23.9. The molecule has 1 saturated carbocycles. The summed E-state index contributed by atoms with van der Waals surface area (Å²) in [6.07, 6.45) is 2.23. The van der Waals surface area contributed by atoms with Crippen LogP contribution in [0.3, 0.4) is 0 Å². The largest absolute Gasteiger partial charge is 0.450 e. The van der Waals surface area contributed by atoms with Crippen molar-refractivity contribution >= 4 is 22.8 Å². The van der Waals surface area contributed by atoms with E-state index in [1.807, 2.05) is 6.92 Å². The molecule has 1 aliphatic rings. The summed E-state index contributed by atoms with van der Waals surface area (Å²) in [5.41, 5.74) is 0.514. The van der Waals surface area contributed by atoms with E-state index in [1.165, 1.54) is 6.07 Å². The van der Waals surface area contributed by atoms with Crippen LogP contribution in [0.2, 0.25) is 0 Å². The van der Waals surface area contributed by atoms with Crippen molar-refractivity contribution in [3.63, 3.8) is 0 Å². The smallest absolute Gasteiger partial charge is 0.375 e. The van der Waals surface area contributed by atoms with Crippen LogP contribution in [0.15, 0.2) is 22.6 Å². The molecule has 1 amide bonds. The molecule has 2 aromatic rings. The molecule has 1 aromatic heterocycles. The molecule has 0 unspecified atom stereocenters. The van der Waals surface area contributed by atoms with Gasteiger partial charge in [-0.1, -0.05) is 12.1 Å². The first-order valence-electron chi connectivity index (χ1n) is 7.61. The lowest BCUT2D eigenvalue weighted by atomic mass is 10.1. The molecule has 0 radical (unpaired) electrons. The van der Waals surface area contributed by atoms with Gasteiger partial charge >= 0.3 is 5.97 Å². The number of para-hydroxylation sites is 1. The van der Waals surface area contributed by atoms with Crippen LogP contribution in [-0.4, -0.2) is 24.5 Å². The highest BCUT2D eigenvalue weighted by Crippen LogP contribution is 2.32. The number of esters is 1. The first-order chi connectivity index (χ1) is 11.0. The molecule has 0 saturated heterocycles. The number of ether oxygens (including phenoxy) is 1. The molecule has 5 nitrogen and oxygen atoms in total. The van der Waals surface area contributed by atoms with Gasteiger partial charge in [0.05, 0.1) is 0 Å². The average molecular weight is 319 g/mol. The number of furan rings is 1. The van der Waals surface area contributed by atoms with Crippen molar-refractivity contribution in [3.8, 4) is 0 Å². The second-order valence-corrected chi connectivity index (χ2v) is 5.94. The van der Waals surface area contributed by atoms with E-state index in [1.54, 1.807) is 19.1 Å². The van der Waals surface area contributed by atoms with Crippen LogP contribution in [0.4, 0.5) is 4.39 Å². The normalized spacial score (nSPS) is 15.4. The van der Waals surface area contributed by atoms with Gasteiger partial charge in [-0.25, -0.2) is 9.18 Å². The minimum Gasteiger partial charge on any atom is -0.450 e. The maximum absolute atomic E-state index is 13.7. The Kier molecular flexibility index (Phi) is 4.07. The van der Waals surface area contributed by atoms with E-state index in [2.05, 4.69) is 5.32 Å². The quantitative estimate of drug-likeness (QED) is 0.860. The molecule has 1 aromatic carbocycles. The van der Waals surface area contributed by atoms with Gasteiger partial charge in [-0.15, -0.1) is 0 Å². The zero-order chi connectivity index (χ0) is 16.6. The number of carbonyl (C=O) groups is 2. The summed E-state index contributed by atoms with van der Waals surface area (Å²) in [7, 11) is 0. The lowest BCUT2D eigenvalue weighted by Crippen LogP contribution is -2.37. The van der Waals surface area contributed by atoms with Gasteiger partial charge in [-0.2, -0.15) is 0 Å². The van der Waals surface area contributed by atoms with Crippen molar-refractivity contribution < 1.29 is 23.1 Å². The highest BCUT2D eigenvalue weighted by atomic mass is 19.1. The van der Waals surface area contributed by atoms with E-state index in [9.17, 15) is 14.0 Å². The molecule has 23 heavy (non-hydrogen) atoms. The highest BCUT2D eigenvalue weighted by Gasteiger charge is 2.29. The predicted octanol–water partition coefficient (Wildman–Crippen LogP) is 2.95. The Labute approximate surface area is 132 Å². The summed E-state index contributed by atoms with van der Waals surface area (Å²) in [6, 6.07) is 4.55. The van der Waals surface area contributed by atoms with E-state index in [0.717, 1.165) is 12.8 Å². The molecule has 1 aliphatic carbocycles. The number of amides is 1. The van der Waals surface area contributed by atoms with Crippen molar-refractivity contribution in [3.05, 3.63) is 35.3 Å². The van der Waals surface area contributed by atoms with Crippen LogP contribution in [0.1, 0.15) is 35.9 Å². The van der Waals surface area contributed by atoms with Crippen LogP contribution < -0.4 is 5.32 Å². The monoisotopic (exact) mass is 319 g/mol. The topological polar surface area (TPSA) is 68.5 Å². The molecular formula is C17H18FNO4. The highest BCUT2D eigenvalue weighted by molar-refractivity contribution is 5.96. The third-order valence-electron chi connectivity index (χ3n) is 4.15. The number of benzene rings is 1. The van der Waals surface area contributed by atoms with Crippen molar-refractivity contribution in [1.29, 1.82) is 0 Å². The minimum atomic E-state index is -0.771. The van der Waals surface area contributed by atoms with Crippen LogP contribution in [0.5, 0.6) is 0 Å². The second-order valence-electron chi connectivity index (χ2n) is 5.94. The third-order valence-corrected chi connectivity index (χ3v) is 4.15. The minimum absolute atomic E-state index is 0.0174. The molecule has 6 heteroatoms. The lowest BCUT2D eigenvalue weighted by molar-refractivity contribution is -0.125. The van der Waals surface area contributed by atoms with Crippen LogP contribution in [0, 0.1) is 18.7 Å². The van der Waals surface area contributed by atoms with E-state index in [-0.39, 0.29) is 29.9 Å². The molecule has 1 heterocycles. The number of nitrogens with one attached hydrogen (secondary N) is 1. The lowest BCUT2D eigenvalue weighted by Gasteiger charge is -2.12. The van der Waals surface area contributed by atoms with E-state index in [4.69, 9.17) is 9.15 Å². The van der Waals surface area contributed by atoms with Crippen molar-refractivity contribution in [2.24, 2.45) is 5.92 Å². The zero-order valence-corrected chi connectivity index (χ0v) is 13.0. The zero-order valence-electron chi connectivity index (χ0n) is 13.0. The maximum Gasteiger partial charge on any atom is 0.375 e. The van der Waals surface area contributed by atoms with Crippen LogP contribution >= 0.6 is 0 Å². The predicted molar refractivity (Wildman–Crippen MR) is 81.5 cm³/mol. The standard InChI is InChI=1S/C17H18FNO4/c1-9-12-4-3-5-13(18)16(12)23-15(9)17(21)22-8-14(20)19-10(2)11-6-7-11/h3-5,10-11H,6-8H2,1-2H3,(H,19,20)/t10-/m0/s1. The Morgan fingerprint density at radius 2 is 2.17 bits per heavy atom. The molecule has 122 valence electrons. The molecule has 1 atom stereocenters. The van der Waals surface area contributed by atoms with Gasteiger partial charge in [0.1, 0.15) is 0 Å². The molecule has 1 N–H and O–H groups in total. The van der Waals surface area contributed by atoms with Gasteiger partial charge in [-0.3, -0.25) is 4.79 Å². The van der Waals surface area contributed by atoms with Crippen molar-refractivity contribution in [2.45, 2.75) is 32.7 Å². The molecule has 1 fully saturated rings.